The Labute approximate surface area is 153 Å². The molecule has 0 N–H and O–H groups in total. The highest BCUT2D eigenvalue weighted by atomic mass is 16.3. The van der Waals surface area contributed by atoms with Gasteiger partial charge in [-0.2, -0.15) is 0 Å². The largest absolute Gasteiger partial charge is 0.468 e. The van der Waals surface area contributed by atoms with Crippen LogP contribution in [0.15, 0.2) is 65.7 Å². The highest BCUT2D eigenvalue weighted by molar-refractivity contribution is 5.60. The highest BCUT2D eigenvalue weighted by Gasteiger charge is 2.48. The second-order valence-electron chi connectivity index (χ2n) is 7.41. The Morgan fingerprint density at radius 2 is 2.00 bits per heavy atom. The van der Waals surface area contributed by atoms with Crippen molar-refractivity contribution in [1.29, 1.82) is 0 Å². The van der Waals surface area contributed by atoms with E-state index in [2.05, 4.69) is 33.0 Å². The minimum atomic E-state index is 0.116. The number of hydrogen-bond donors (Lipinski definition) is 0. The molecule has 2 aliphatic rings. The van der Waals surface area contributed by atoms with Crippen molar-refractivity contribution in [3.05, 3.63) is 78.3 Å². The lowest BCUT2D eigenvalue weighted by Crippen LogP contribution is -2.36. The van der Waals surface area contributed by atoms with Crippen molar-refractivity contribution in [2.45, 2.75) is 24.9 Å². The molecule has 0 amide bonds. The van der Waals surface area contributed by atoms with Crippen LogP contribution in [0.4, 0.5) is 5.69 Å². The summed E-state index contributed by atoms with van der Waals surface area (Å²) in [6.45, 7) is 4.88. The first-order valence-corrected chi connectivity index (χ1v) is 9.17. The van der Waals surface area contributed by atoms with Gasteiger partial charge in [-0.25, -0.2) is 0 Å². The van der Waals surface area contributed by atoms with Crippen LogP contribution < -0.4 is 4.90 Å². The van der Waals surface area contributed by atoms with Gasteiger partial charge in [0.15, 0.2) is 0 Å². The molecule has 1 fully saturated rings. The van der Waals surface area contributed by atoms with E-state index in [1.54, 1.807) is 6.26 Å². The number of rotatable bonds is 4. The highest BCUT2D eigenvalue weighted by Crippen LogP contribution is 2.45. The summed E-state index contributed by atoms with van der Waals surface area (Å²) in [5.74, 6) is 1.04. The summed E-state index contributed by atoms with van der Waals surface area (Å²) >= 11 is 0. The van der Waals surface area contributed by atoms with E-state index in [1.165, 1.54) is 16.9 Å². The number of fused-ring (bicyclic) bond motifs is 2. The molecule has 5 heterocycles. The van der Waals surface area contributed by atoms with E-state index >= 15 is 0 Å². The number of anilines is 1. The van der Waals surface area contributed by atoms with Crippen molar-refractivity contribution in [3.8, 4) is 0 Å². The summed E-state index contributed by atoms with van der Waals surface area (Å²) in [4.78, 5) is 14.0. The lowest BCUT2D eigenvalue weighted by atomic mass is 9.85. The van der Waals surface area contributed by atoms with E-state index in [0.29, 0.717) is 0 Å². The van der Waals surface area contributed by atoms with Crippen LogP contribution in [0.3, 0.4) is 0 Å². The van der Waals surface area contributed by atoms with Gasteiger partial charge in [0.2, 0.25) is 0 Å². The molecule has 5 rings (SSSR count). The van der Waals surface area contributed by atoms with E-state index in [1.807, 2.05) is 36.8 Å². The summed E-state index contributed by atoms with van der Waals surface area (Å²) in [6, 6.07) is 12.4. The van der Waals surface area contributed by atoms with Crippen molar-refractivity contribution in [2.24, 2.45) is 0 Å². The van der Waals surface area contributed by atoms with Crippen LogP contribution in [0.5, 0.6) is 0 Å². The average Bonchev–Trinajstić information content (AvgIpc) is 3.39. The van der Waals surface area contributed by atoms with Crippen molar-refractivity contribution < 1.29 is 4.42 Å². The predicted molar refractivity (Wildman–Crippen MR) is 99.8 cm³/mol. The lowest BCUT2D eigenvalue weighted by molar-refractivity contribution is 0.278. The van der Waals surface area contributed by atoms with Crippen LogP contribution in [0, 0.1) is 0 Å². The summed E-state index contributed by atoms with van der Waals surface area (Å²) in [7, 11) is 0. The SMILES string of the molecule is c1cncc(CN2CC3(CCN(Cc4ccco4)C3)c3ncccc32)c1. The maximum atomic E-state index is 5.54. The van der Waals surface area contributed by atoms with Gasteiger partial charge in [0.25, 0.3) is 0 Å². The summed E-state index contributed by atoms with van der Waals surface area (Å²) < 4.78 is 5.54. The van der Waals surface area contributed by atoms with Crippen LogP contribution in [-0.4, -0.2) is 34.5 Å². The van der Waals surface area contributed by atoms with Crippen LogP contribution in [0.2, 0.25) is 0 Å². The lowest BCUT2D eigenvalue weighted by Gasteiger charge is -2.25. The van der Waals surface area contributed by atoms with Crippen LogP contribution in [0.1, 0.15) is 23.4 Å². The Morgan fingerprint density at radius 1 is 1.04 bits per heavy atom. The Kier molecular flexibility index (Phi) is 3.75. The number of pyridine rings is 2. The first kappa shape index (κ1) is 15.6. The van der Waals surface area contributed by atoms with E-state index in [4.69, 9.17) is 9.40 Å². The molecule has 1 atom stereocenters. The van der Waals surface area contributed by atoms with Gasteiger partial charge < -0.3 is 9.32 Å². The third-order valence-corrected chi connectivity index (χ3v) is 5.61. The van der Waals surface area contributed by atoms with E-state index < -0.39 is 0 Å². The molecule has 5 heteroatoms. The fourth-order valence-corrected chi connectivity index (χ4v) is 4.48. The molecule has 3 aromatic heterocycles. The summed E-state index contributed by atoms with van der Waals surface area (Å²) in [5.41, 5.74) is 3.89. The number of nitrogens with zero attached hydrogens (tertiary/aromatic N) is 4. The molecule has 0 radical (unpaired) electrons. The minimum Gasteiger partial charge on any atom is -0.468 e. The minimum absolute atomic E-state index is 0.116. The van der Waals surface area contributed by atoms with Gasteiger partial charge in [-0.3, -0.25) is 14.9 Å². The smallest absolute Gasteiger partial charge is 0.117 e. The number of hydrogen-bond acceptors (Lipinski definition) is 5. The molecule has 0 bridgehead atoms. The van der Waals surface area contributed by atoms with Gasteiger partial charge in [-0.1, -0.05) is 6.07 Å². The molecular weight excluding hydrogens is 324 g/mol. The summed E-state index contributed by atoms with van der Waals surface area (Å²) in [5, 5.41) is 0. The topological polar surface area (TPSA) is 45.4 Å². The van der Waals surface area contributed by atoms with Crippen LogP contribution in [-0.2, 0) is 18.5 Å². The molecule has 0 aliphatic carbocycles. The zero-order chi connectivity index (χ0) is 17.4. The Bertz CT molecular complexity index is 880. The summed E-state index contributed by atoms with van der Waals surface area (Å²) in [6.07, 6.45) is 8.61. The number of likely N-dealkylation sites (tertiary alicyclic amines) is 1. The first-order chi connectivity index (χ1) is 12.8. The third-order valence-electron chi connectivity index (χ3n) is 5.61. The van der Waals surface area contributed by atoms with Gasteiger partial charge in [0, 0.05) is 43.6 Å². The van der Waals surface area contributed by atoms with Crippen LogP contribution in [0.25, 0.3) is 0 Å². The van der Waals surface area contributed by atoms with Crippen molar-refractivity contribution >= 4 is 5.69 Å². The fraction of sp³-hybridized carbons (Fsp3) is 0.333. The molecule has 5 nitrogen and oxygen atoms in total. The van der Waals surface area contributed by atoms with Crippen molar-refractivity contribution in [1.82, 2.24) is 14.9 Å². The quantitative estimate of drug-likeness (QED) is 0.726. The van der Waals surface area contributed by atoms with Gasteiger partial charge in [0.05, 0.1) is 24.2 Å². The van der Waals surface area contributed by atoms with Crippen LogP contribution >= 0.6 is 0 Å². The Morgan fingerprint density at radius 3 is 2.85 bits per heavy atom. The molecular formula is C21H22N4O. The molecule has 26 heavy (non-hydrogen) atoms. The van der Waals surface area contributed by atoms with Gasteiger partial charge in [0.1, 0.15) is 5.76 Å². The molecule has 0 aromatic carbocycles. The van der Waals surface area contributed by atoms with Gasteiger partial charge in [-0.15, -0.1) is 0 Å². The fourth-order valence-electron chi connectivity index (χ4n) is 4.48. The normalized spacial score (nSPS) is 22.2. The van der Waals surface area contributed by atoms with E-state index in [9.17, 15) is 0 Å². The molecule has 2 aliphatic heterocycles. The average molecular weight is 346 g/mol. The monoisotopic (exact) mass is 346 g/mol. The van der Waals surface area contributed by atoms with Crippen molar-refractivity contribution in [3.63, 3.8) is 0 Å². The van der Waals surface area contributed by atoms with Gasteiger partial charge in [-0.05, 0) is 48.9 Å². The molecule has 3 aromatic rings. The van der Waals surface area contributed by atoms with E-state index in [-0.39, 0.29) is 5.41 Å². The second-order valence-corrected chi connectivity index (χ2v) is 7.41. The second kappa shape index (κ2) is 6.25. The number of aromatic nitrogens is 2. The zero-order valence-corrected chi connectivity index (χ0v) is 14.7. The predicted octanol–water partition coefficient (Wildman–Crippen LogP) is 3.23. The first-order valence-electron chi connectivity index (χ1n) is 9.17. The zero-order valence-electron chi connectivity index (χ0n) is 14.7. The maximum absolute atomic E-state index is 5.54. The number of furan rings is 1. The van der Waals surface area contributed by atoms with Crippen molar-refractivity contribution in [2.75, 3.05) is 24.5 Å². The standard InChI is InChI=1S/C21H22N4O/c1-4-17(12-22-8-1)13-25-16-21(20-19(25)6-2-9-23-20)7-10-24(15-21)14-18-5-3-11-26-18/h1-6,8-9,11-12H,7,10,13-16H2. The molecule has 1 spiro atoms. The van der Waals surface area contributed by atoms with Gasteiger partial charge >= 0.3 is 0 Å². The molecule has 132 valence electrons. The Hall–Kier alpha value is -2.66. The maximum Gasteiger partial charge on any atom is 0.117 e. The van der Waals surface area contributed by atoms with E-state index in [0.717, 1.165) is 44.9 Å². The third kappa shape index (κ3) is 2.69. The molecule has 0 saturated carbocycles. The molecule has 1 saturated heterocycles. The Balaban J connectivity index is 1.40. The molecule has 1 unspecified atom stereocenters.